The number of nitrogens with zero attached hydrogens (tertiary/aromatic N) is 1. The second-order valence-corrected chi connectivity index (χ2v) is 10.2. The molecule has 0 atom stereocenters. The Kier molecular flexibility index (Phi) is 14.1. The number of carbonyl (C=O) groups excluding carboxylic acids is 4. The Morgan fingerprint density at radius 2 is 1.20 bits per heavy atom. The van der Waals surface area contributed by atoms with E-state index in [1.807, 2.05) is 24.1 Å². The van der Waals surface area contributed by atoms with E-state index in [2.05, 4.69) is 13.2 Å². The van der Waals surface area contributed by atoms with Gasteiger partial charge in [-0.2, -0.15) is 0 Å². The SMILES string of the molecule is C=CC(=O)OCCCCOc1ccc(C(=O)Oc2ccc(OC(=O)c3ccc(N(C)CCCCOC(=O)C=C)cc3)cc2C)cc1. The molecular formula is C36H39NO9. The number of unbranched alkanes of at least 4 members (excludes halogenated alkanes) is 2. The van der Waals surface area contributed by atoms with Gasteiger partial charge in [-0.05, 0) is 105 Å². The fraction of sp³-hybridized carbons (Fsp3) is 0.278. The minimum atomic E-state index is -0.537. The summed E-state index contributed by atoms with van der Waals surface area (Å²) in [5.41, 5.74) is 2.29. The number of aryl methyl sites for hydroxylation is 1. The van der Waals surface area contributed by atoms with Crippen LogP contribution >= 0.6 is 0 Å². The van der Waals surface area contributed by atoms with Crippen LogP contribution in [-0.2, 0) is 19.1 Å². The van der Waals surface area contributed by atoms with Gasteiger partial charge < -0.3 is 28.6 Å². The Morgan fingerprint density at radius 3 is 1.78 bits per heavy atom. The molecule has 0 N–H and O–H groups in total. The van der Waals surface area contributed by atoms with Gasteiger partial charge in [0.2, 0.25) is 0 Å². The lowest BCUT2D eigenvalue weighted by Crippen LogP contribution is -2.19. The predicted octanol–water partition coefficient (Wildman–Crippen LogP) is 6.27. The lowest BCUT2D eigenvalue weighted by molar-refractivity contribution is -0.138. The zero-order chi connectivity index (χ0) is 33.3. The number of esters is 4. The molecule has 3 rings (SSSR count). The summed E-state index contributed by atoms with van der Waals surface area (Å²) in [6, 6.07) is 18.4. The number of benzene rings is 3. The summed E-state index contributed by atoms with van der Waals surface area (Å²) in [6.45, 7) is 10.3. The zero-order valence-electron chi connectivity index (χ0n) is 26.2. The van der Waals surface area contributed by atoms with Gasteiger partial charge in [-0.1, -0.05) is 13.2 Å². The van der Waals surface area contributed by atoms with Crippen molar-refractivity contribution in [1.29, 1.82) is 0 Å². The first-order chi connectivity index (χ1) is 22.2. The van der Waals surface area contributed by atoms with Crippen molar-refractivity contribution in [1.82, 2.24) is 0 Å². The minimum absolute atomic E-state index is 0.301. The molecule has 0 saturated carbocycles. The fourth-order valence-corrected chi connectivity index (χ4v) is 4.10. The number of anilines is 1. The van der Waals surface area contributed by atoms with E-state index < -0.39 is 23.9 Å². The van der Waals surface area contributed by atoms with Crippen LogP contribution in [0.15, 0.2) is 92.0 Å². The van der Waals surface area contributed by atoms with Crippen LogP contribution in [0.1, 0.15) is 52.0 Å². The van der Waals surface area contributed by atoms with Crippen molar-refractivity contribution in [2.24, 2.45) is 0 Å². The van der Waals surface area contributed by atoms with Gasteiger partial charge in [-0.25, -0.2) is 19.2 Å². The molecule has 0 bridgehead atoms. The highest BCUT2D eigenvalue weighted by molar-refractivity contribution is 5.92. The maximum absolute atomic E-state index is 12.8. The molecule has 10 nitrogen and oxygen atoms in total. The van der Waals surface area contributed by atoms with Crippen LogP contribution < -0.4 is 19.1 Å². The van der Waals surface area contributed by atoms with Crippen LogP contribution in [0.25, 0.3) is 0 Å². The summed E-state index contributed by atoms with van der Waals surface area (Å²) in [7, 11) is 1.95. The average Bonchev–Trinajstić information content (AvgIpc) is 3.07. The zero-order valence-corrected chi connectivity index (χ0v) is 26.2. The summed E-state index contributed by atoms with van der Waals surface area (Å²) in [6.07, 6.45) is 5.19. The van der Waals surface area contributed by atoms with Gasteiger partial charge in [0, 0.05) is 31.4 Å². The van der Waals surface area contributed by atoms with Crippen LogP contribution in [0.4, 0.5) is 5.69 Å². The van der Waals surface area contributed by atoms with Crippen molar-refractivity contribution in [3.63, 3.8) is 0 Å². The Labute approximate surface area is 269 Å². The fourth-order valence-electron chi connectivity index (χ4n) is 4.10. The van der Waals surface area contributed by atoms with Gasteiger partial charge >= 0.3 is 23.9 Å². The van der Waals surface area contributed by atoms with Crippen LogP contribution in [0.3, 0.4) is 0 Å². The Balaban J connectivity index is 1.44. The first-order valence-corrected chi connectivity index (χ1v) is 14.9. The van der Waals surface area contributed by atoms with Gasteiger partial charge in [0.1, 0.15) is 17.2 Å². The minimum Gasteiger partial charge on any atom is -0.494 e. The molecule has 0 aliphatic heterocycles. The topological polar surface area (TPSA) is 118 Å². The van der Waals surface area contributed by atoms with E-state index in [-0.39, 0.29) is 0 Å². The molecule has 0 aromatic heterocycles. The molecule has 0 aliphatic rings. The van der Waals surface area contributed by atoms with Crippen LogP contribution in [0.5, 0.6) is 17.2 Å². The first kappa shape index (κ1) is 35.1. The molecule has 0 heterocycles. The lowest BCUT2D eigenvalue weighted by atomic mass is 10.2. The molecule has 0 spiro atoms. The third kappa shape index (κ3) is 11.6. The van der Waals surface area contributed by atoms with Gasteiger partial charge in [0.15, 0.2) is 0 Å². The van der Waals surface area contributed by atoms with Gasteiger partial charge in [-0.3, -0.25) is 0 Å². The van der Waals surface area contributed by atoms with E-state index in [9.17, 15) is 19.2 Å². The molecule has 0 radical (unpaired) electrons. The molecule has 0 aliphatic carbocycles. The molecule has 3 aromatic carbocycles. The number of hydrogen-bond acceptors (Lipinski definition) is 10. The van der Waals surface area contributed by atoms with Gasteiger partial charge in [-0.15, -0.1) is 0 Å². The maximum Gasteiger partial charge on any atom is 0.343 e. The van der Waals surface area contributed by atoms with Crippen molar-refractivity contribution in [2.75, 3.05) is 38.3 Å². The van der Waals surface area contributed by atoms with E-state index >= 15 is 0 Å². The van der Waals surface area contributed by atoms with E-state index in [1.165, 1.54) is 0 Å². The number of ether oxygens (including phenoxy) is 5. The lowest BCUT2D eigenvalue weighted by Gasteiger charge is -2.19. The summed E-state index contributed by atoms with van der Waals surface area (Å²) in [5, 5.41) is 0. The standard InChI is InChI=1S/C36H39NO9/c1-5-33(38)43-23-8-7-21-37(4)29-15-11-27(12-16-29)35(40)45-31-19-20-32(26(3)25-31)46-36(41)28-13-17-30(18-14-28)42-22-9-10-24-44-34(39)6-2/h5-6,11-20,25H,1-2,7-10,21-24H2,3-4H3. The monoisotopic (exact) mass is 629 g/mol. The van der Waals surface area contributed by atoms with Crippen molar-refractivity contribution < 1.29 is 42.9 Å². The molecule has 46 heavy (non-hydrogen) atoms. The summed E-state index contributed by atoms with van der Waals surface area (Å²) in [5.74, 6) is -0.660. The highest BCUT2D eigenvalue weighted by atomic mass is 16.5. The molecule has 0 saturated heterocycles. The predicted molar refractivity (Wildman–Crippen MR) is 174 cm³/mol. The smallest absolute Gasteiger partial charge is 0.343 e. The highest BCUT2D eigenvalue weighted by Gasteiger charge is 2.14. The van der Waals surface area contributed by atoms with Crippen LogP contribution in [0.2, 0.25) is 0 Å². The maximum atomic E-state index is 12.8. The first-order valence-electron chi connectivity index (χ1n) is 14.9. The Morgan fingerprint density at radius 1 is 0.674 bits per heavy atom. The van der Waals surface area contributed by atoms with Crippen LogP contribution in [-0.4, -0.2) is 57.3 Å². The largest absolute Gasteiger partial charge is 0.494 e. The molecule has 0 fully saturated rings. The van der Waals surface area contributed by atoms with Crippen molar-refractivity contribution in [3.8, 4) is 17.2 Å². The second-order valence-electron chi connectivity index (χ2n) is 10.2. The van der Waals surface area contributed by atoms with Crippen LogP contribution in [0, 0.1) is 6.92 Å². The Hall–Kier alpha value is -5.38. The van der Waals surface area contributed by atoms with Crippen molar-refractivity contribution in [3.05, 3.63) is 109 Å². The highest BCUT2D eigenvalue weighted by Crippen LogP contribution is 2.26. The third-order valence-corrected chi connectivity index (χ3v) is 6.71. The third-order valence-electron chi connectivity index (χ3n) is 6.71. The number of hydrogen-bond donors (Lipinski definition) is 0. The molecule has 0 amide bonds. The average molecular weight is 630 g/mol. The Bertz CT molecular complexity index is 1500. The molecule has 242 valence electrons. The van der Waals surface area contributed by atoms with E-state index in [0.29, 0.717) is 66.6 Å². The molecule has 3 aromatic rings. The number of rotatable bonds is 18. The summed E-state index contributed by atoms with van der Waals surface area (Å²) >= 11 is 0. The second kappa shape index (κ2) is 18.4. The van der Waals surface area contributed by atoms with Gasteiger partial charge in [0.25, 0.3) is 0 Å². The summed E-state index contributed by atoms with van der Waals surface area (Å²) < 4.78 is 26.7. The van der Waals surface area contributed by atoms with E-state index in [4.69, 9.17) is 23.7 Å². The van der Waals surface area contributed by atoms with Gasteiger partial charge in [0.05, 0.1) is 30.9 Å². The van der Waals surface area contributed by atoms with E-state index in [0.717, 1.165) is 37.2 Å². The molecule has 0 unspecified atom stereocenters. The quantitative estimate of drug-likeness (QED) is 0.0690. The number of carbonyl (C=O) groups is 4. The molecular weight excluding hydrogens is 590 g/mol. The normalized spacial score (nSPS) is 10.3. The van der Waals surface area contributed by atoms with Crippen molar-refractivity contribution in [2.45, 2.75) is 32.6 Å². The molecule has 10 heteroatoms. The van der Waals surface area contributed by atoms with E-state index in [1.54, 1.807) is 61.5 Å². The summed E-state index contributed by atoms with van der Waals surface area (Å²) in [4.78, 5) is 49.6. The van der Waals surface area contributed by atoms with Crippen molar-refractivity contribution >= 4 is 29.6 Å².